The molecule has 0 saturated heterocycles. The van der Waals surface area contributed by atoms with Gasteiger partial charge in [-0.3, -0.25) is 0 Å². The molecule has 0 spiro atoms. The third kappa shape index (κ3) is 3.41. The molecule has 1 atom stereocenters. The molecule has 1 aliphatic heterocycles. The van der Waals surface area contributed by atoms with Crippen LogP contribution < -0.4 is 15.2 Å². The third-order valence-electron chi connectivity index (χ3n) is 3.91. The molecule has 1 heterocycles. The van der Waals surface area contributed by atoms with E-state index in [1.807, 2.05) is 6.07 Å². The number of rotatable bonds is 5. The number of hydrogen-bond acceptors (Lipinski definition) is 7. The quantitative estimate of drug-likeness (QED) is 0.785. The molecule has 138 valence electrons. The van der Waals surface area contributed by atoms with E-state index in [0.29, 0.717) is 17.1 Å². The lowest BCUT2D eigenvalue weighted by atomic mass is 9.83. The van der Waals surface area contributed by atoms with Crippen molar-refractivity contribution < 1.29 is 23.7 Å². The Hall–Kier alpha value is -2.85. The number of methoxy groups -OCH3 is 2. The topological polar surface area (TPSA) is 104 Å². The largest absolute Gasteiger partial charge is 0.493 e. The molecule has 0 fully saturated rings. The van der Waals surface area contributed by atoms with E-state index in [4.69, 9.17) is 36.3 Å². The highest BCUT2D eigenvalue weighted by molar-refractivity contribution is 6.31. The highest BCUT2D eigenvalue weighted by Crippen LogP contribution is 2.45. The first-order chi connectivity index (χ1) is 12.4. The maximum Gasteiger partial charge on any atom is 0.338 e. The number of nitrogens with zero attached hydrogens (tertiary/aromatic N) is 1. The van der Waals surface area contributed by atoms with Crippen LogP contribution in [0.1, 0.15) is 25.3 Å². The lowest BCUT2D eigenvalue weighted by Crippen LogP contribution is -2.25. The van der Waals surface area contributed by atoms with Gasteiger partial charge in [0.05, 0.1) is 32.3 Å². The first-order valence-corrected chi connectivity index (χ1v) is 8.14. The summed E-state index contributed by atoms with van der Waals surface area (Å²) in [7, 11) is 2.96. The molecule has 1 aromatic carbocycles. The Morgan fingerprint density at radius 3 is 2.50 bits per heavy atom. The molecule has 0 amide bonds. The number of nitriles is 1. The molecule has 0 aliphatic carbocycles. The van der Waals surface area contributed by atoms with E-state index in [1.165, 1.54) is 14.2 Å². The Kier molecular flexibility index (Phi) is 6.01. The van der Waals surface area contributed by atoms with Gasteiger partial charge in [-0.25, -0.2) is 4.79 Å². The van der Waals surface area contributed by atoms with Crippen LogP contribution in [0, 0.1) is 11.3 Å². The maximum absolute atomic E-state index is 12.5. The van der Waals surface area contributed by atoms with Crippen molar-refractivity contribution in [2.24, 2.45) is 5.73 Å². The van der Waals surface area contributed by atoms with E-state index in [-0.39, 0.29) is 34.4 Å². The number of esters is 1. The van der Waals surface area contributed by atoms with Crippen molar-refractivity contribution in [3.8, 4) is 17.6 Å². The zero-order chi connectivity index (χ0) is 19.4. The molecular weight excluding hydrogens is 360 g/mol. The van der Waals surface area contributed by atoms with Crippen LogP contribution in [0.3, 0.4) is 0 Å². The molecule has 8 heteroatoms. The van der Waals surface area contributed by atoms with E-state index in [1.54, 1.807) is 26.0 Å². The number of ether oxygens (including phenoxy) is 4. The van der Waals surface area contributed by atoms with Crippen molar-refractivity contribution >= 4 is 17.6 Å². The van der Waals surface area contributed by atoms with Crippen LogP contribution in [0.5, 0.6) is 11.5 Å². The minimum Gasteiger partial charge on any atom is -0.493 e. The predicted molar refractivity (Wildman–Crippen MR) is 94.5 cm³/mol. The number of allylic oxidation sites excluding steroid dienone is 2. The zero-order valence-corrected chi connectivity index (χ0v) is 15.6. The Morgan fingerprint density at radius 2 is 1.96 bits per heavy atom. The normalized spacial score (nSPS) is 16.7. The van der Waals surface area contributed by atoms with Crippen LogP contribution in [0.2, 0.25) is 5.02 Å². The molecule has 1 aliphatic rings. The van der Waals surface area contributed by atoms with E-state index < -0.39 is 11.9 Å². The molecule has 26 heavy (non-hydrogen) atoms. The molecule has 1 unspecified atom stereocenters. The second kappa shape index (κ2) is 8.02. The summed E-state index contributed by atoms with van der Waals surface area (Å²) in [6, 6.07) is 5.16. The molecule has 7 nitrogen and oxygen atoms in total. The summed E-state index contributed by atoms with van der Waals surface area (Å²) in [5.41, 5.74) is 6.55. The predicted octanol–water partition coefficient (Wildman–Crippen LogP) is 3.00. The smallest absolute Gasteiger partial charge is 0.338 e. The first kappa shape index (κ1) is 19.5. The first-order valence-electron chi connectivity index (χ1n) is 7.76. The SMILES string of the molecule is CCOC(=O)C1=C(C)OC(N)=C(C#N)C1c1cc(OC)c(OC)cc1Cl. The van der Waals surface area contributed by atoms with Gasteiger partial charge in [-0.05, 0) is 25.5 Å². The molecule has 0 bridgehead atoms. The van der Waals surface area contributed by atoms with E-state index >= 15 is 0 Å². The fourth-order valence-corrected chi connectivity index (χ4v) is 3.02. The number of halogens is 1. The Morgan fingerprint density at radius 1 is 1.35 bits per heavy atom. The standard InChI is InChI=1S/C18H19ClN2O5/c1-5-25-18(22)15-9(2)26-17(21)11(8-20)16(15)10-6-13(23-3)14(24-4)7-12(10)19/h6-7,16H,5,21H2,1-4H3. The van der Waals surface area contributed by atoms with Crippen molar-refractivity contribution in [1.29, 1.82) is 5.26 Å². The highest BCUT2D eigenvalue weighted by atomic mass is 35.5. The van der Waals surface area contributed by atoms with E-state index in [9.17, 15) is 10.1 Å². The van der Waals surface area contributed by atoms with Crippen LogP contribution in [0.4, 0.5) is 0 Å². The fraction of sp³-hybridized carbons (Fsp3) is 0.333. The summed E-state index contributed by atoms with van der Waals surface area (Å²) in [6.07, 6.45) is 0. The lowest BCUT2D eigenvalue weighted by Gasteiger charge is -2.27. The Bertz CT molecular complexity index is 839. The highest BCUT2D eigenvalue weighted by Gasteiger charge is 2.37. The number of nitrogens with two attached hydrogens (primary N) is 1. The number of benzene rings is 1. The zero-order valence-electron chi connectivity index (χ0n) is 14.9. The van der Waals surface area contributed by atoms with E-state index in [0.717, 1.165) is 0 Å². The summed E-state index contributed by atoms with van der Waals surface area (Å²) in [5.74, 6) is -0.483. The van der Waals surface area contributed by atoms with Gasteiger partial charge in [0.1, 0.15) is 17.4 Å². The van der Waals surface area contributed by atoms with Crippen LogP contribution in [-0.2, 0) is 14.3 Å². The van der Waals surface area contributed by atoms with Crippen molar-refractivity contribution in [1.82, 2.24) is 0 Å². The van der Waals surface area contributed by atoms with Crippen LogP contribution in [0.15, 0.2) is 34.9 Å². The summed E-state index contributed by atoms with van der Waals surface area (Å²) < 4.78 is 21.0. The minimum absolute atomic E-state index is 0.0628. The van der Waals surface area contributed by atoms with Gasteiger partial charge in [0, 0.05) is 11.1 Å². The van der Waals surface area contributed by atoms with Crippen LogP contribution in [0.25, 0.3) is 0 Å². The Labute approximate surface area is 156 Å². The van der Waals surface area contributed by atoms with Gasteiger partial charge < -0.3 is 24.7 Å². The molecule has 0 aromatic heterocycles. The van der Waals surface area contributed by atoms with Gasteiger partial charge in [0.25, 0.3) is 0 Å². The molecule has 2 rings (SSSR count). The van der Waals surface area contributed by atoms with Gasteiger partial charge in [-0.1, -0.05) is 11.6 Å². The summed E-state index contributed by atoms with van der Waals surface area (Å²) in [6.45, 7) is 3.43. The van der Waals surface area contributed by atoms with Gasteiger partial charge in [0.15, 0.2) is 11.5 Å². The second-order valence-electron chi connectivity index (χ2n) is 5.34. The number of carbonyl (C=O) groups excluding carboxylic acids is 1. The minimum atomic E-state index is -0.847. The summed E-state index contributed by atoms with van der Waals surface area (Å²) in [4.78, 5) is 12.5. The number of hydrogen-bond donors (Lipinski definition) is 1. The summed E-state index contributed by atoms with van der Waals surface area (Å²) in [5, 5.41) is 9.87. The molecular formula is C18H19ClN2O5. The second-order valence-corrected chi connectivity index (χ2v) is 5.75. The molecule has 1 aromatic rings. The molecule has 2 N–H and O–H groups in total. The number of carbonyl (C=O) groups is 1. The lowest BCUT2D eigenvalue weighted by molar-refractivity contribution is -0.139. The maximum atomic E-state index is 12.5. The van der Waals surface area contributed by atoms with Crippen molar-refractivity contribution in [3.63, 3.8) is 0 Å². The van der Waals surface area contributed by atoms with E-state index in [2.05, 4.69) is 0 Å². The van der Waals surface area contributed by atoms with Gasteiger partial charge in [-0.15, -0.1) is 0 Å². The van der Waals surface area contributed by atoms with Crippen LogP contribution in [-0.4, -0.2) is 26.8 Å². The average molecular weight is 379 g/mol. The van der Waals surface area contributed by atoms with Gasteiger partial charge in [0.2, 0.25) is 5.88 Å². The molecule has 0 saturated carbocycles. The average Bonchev–Trinajstić information content (AvgIpc) is 2.61. The van der Waals surface area contributed by atoms with Crippen molar-refractivity contribution in [3.05, 3.63) is 45.5 Å². The third-order valence-corrected chi connectivity index (χ3v) is 4.24. The van der Waals surface area contributed by atoms with Crippen molar-refractivity contribution in [2.45, 2.75) is 19.8 Å². The summed E-state index contributed by atoms with van der Waals surface area (Å²) >= 11 is 6.41. The monoisotopic (exact) mass is 378 g/mol. The van der Waals surface area contributed by atoms with Gasteiger partial charge in [-0.2, -0.15) is 5.26 Å². The molecule has 0 radical (unpaired) electrons. The van der Waals surface area contributed by atoms with Gasteiger partial charge >= 0.3 is 5.97 Å². The fourth-order valence-electron chi connectivity index (χ4n) is 2.76. The Balaban J connectivity index is 2.73. The van der Waals surface area contributed by atoms with Crippen LogP contribution >= 0.6 is 11.6 Å². The van der Waals surface area contributed by atoms with Crippen molar-refractivity contribution in [2.75, 3.05) is 20.8 Å².